The number of hydrogen-bond acceptors (Lipinski definition) is 3. The minimum Gasteiger partial charge on any atom is -0.271 e. The van der Waals surface area contributed by atoms with Crippen molar-refractivity contribution in [2.45, 2.75) is 13.0 Å². The third-order valence-corrected chi connectivity index (χ3v) is 4.05. The highest BCUT2D eigenvalue weighted by Gasteiger charge is 2.15. The van der Waals surface area contributed by atoms with E-state index < -0.39 is 0 Å². The van der Waals surface area contributed by atoms with Gasteiger partial charge in [-0.15, -0.1) is 0 Å². The average molecular weight is 327 g/mol. The van der Waals surface area contributed by atoms with Crippen molar-refractivity contribution in [3.8, 4) is 0 Å². The Morgan fingerprint density at radius 2 is 2.17 bits per heavy atom. The van der Waals surface area contributed by atoms with Crippen molar-refractivity contribution in [2.75, 3.05) is 0 Å². The van der Waals surface area contributed by atoms with Crippen LogP contribution < -0.4 is 11.3 Å². The number of halogens is 2. The molecule has 0 amide bonds. The van der Waals surface area contributed by atoms with Crippen molar-refractivity contribution < 1.29 is 0 Å². The Morgan fingerprint density at radius 1 is 1.39 bits per heavy atom. The Hall–Kier alpha value is -0.940. The van der Waals surface area contributed by atoms with E-state index in [1.54, 1.807) is 6.20 Å². The molecule has 18 heavy (non-hydrogen) atoms. The van der Waals surface area contributed by atoms with Gasteiger partial charge in [0.1, 0.15) is 0 Å². The number of nitrogens with zero attached hydrogens (tertiary/aromatic N) is 1. The summed E-state index contributed by atoms with van der Waals surface area (Å²) >= 11 is 9.41. The van der Waals surface area contributed by atoms with Crippen LogP contribution in [0.2, 0.25) is 5.02 Å². The molecule has 2 rings (SSSR count). The molecule has 2 aromatic rings. The van der Waals surface area contributed by atoms with Crippen molar-refractivity contribution in [1.29, 1.82) is 0 Å². The molecule has 0 bridgehead atoms. The van der Waals surface area contributed by atoms with Gasteiger partial charge >= 0.3 is 0 Å². The van der Waals surface area contributed by atoms with Gasteiger partial charge in [0.05, 0.1) is 11.1 Å². The summed E-state index contributed by atoms with van der Waals surface area (Å²) in [5, 5.41) is 0.678. The second-order valence-electron chi connectivity index (χ2n) is 4.01. The lowest BCUT2D eigenvalue weighted by Crippen LogP contribution is -2.29. The van der Waals surface area contributed by atoms with Crippen LogP contribution >= 0.6 is 27.5 Å². The lowest BCUT2D eigenvalue weighted by atomic mass is 9.97. The van der Waals surface area contributed by atoms with E-state index in [9.17, 15) is 0 Å². The first-order chi connectivity index (χ1) is 8.63. The molecule has 5 heteroatoms. The van der Waals surface area contributed by atoms with Crippen LogP contribution in [0.15, 0.2) is 41.1 Å². The minimum atomic E-state index is -0.104. The fourth-order valence-corrected chi connectivity index (χ4v) is 2.35. The molecule has 3 nitrogen and oxygen atoms in total. The largest absolute Gasteiger partial charge is 0.271 e. The molecule has 1 aromatic heterocycles. The van der Waals surface area contributed by atoms with Crippen molar-refractivity contribution in [3.05, 3.63) is 62.8 Å². The second-order valence-corrected chi connectivity index (χ2v) is 5.27. The summed E-state index contributed by atoms with van der Waals surface area (Å²) in [5.41, 5.74) is 6.04. The van der Waals surface area contributed by atoms with E-state index in [0.717, 1.165) is 21.2 Å². The van der Waals surface area contributed by atoms with Crippen LogP contribution in [0.4, 0.5) is 0 Å². The van der Waals surface area contributed by atoms with E-state index >= 15 is 0 Å². The Morgan fingerprint density at radius 3 is 2.78 bits per heavy atom. The lowest BCUT2D eigenvalue weighted by Gasteiger charge is -2.19. The van der Waals surface area contributed by atoms with E-state index in [1.165, 1.54) is 0 Å². The smallest absolute Gasteiger partial charge is 0.0728 e. The van der Waals surface area contributed by atoms with E-state index in [4.69, 9.17) is 17.4 Å². The number of nitrogens with two attached hydrogens (primary N) is 1. The molecule has 3 N–H and O–H groups in total. The molecule has 0 saturated heterocycles. The Bertz CT molecular complexity index is 560. The molecule has 0 aliphatic heterocycles. The number of aromatic nitrogens is 1. The quantitative estimate of drug-likeness (QED) is 0.672. The monoisotopic (exact) mass is 325 g/mol. The molecule has 0 radical (unpaired) electrons. The number of rotatable bonds is 3. The summed E-state index contributed by atoms with van der Waals surface area (Å²) < 4.78 is 0.850. The molecule has 0 saturated carbocycles. The average Bonchev–Trinajstić information content (AvgIpc) is 2.37. The standard InChI is InChI=1S/C13H13BrClN3/c1-8-4-5-17-7-10(8)13(18-16)9-2-3-12(15)11(14)6-9/h2-7,13,18H,16H2,1H3. The molecule has 0 aliphatic rings. The van der Waals surface area contributed by atoms with Crippen LogP contribution in [-0.2, 0) is 0 Å². The zero-order valence-electron chi connectivity index (χ0n) is 9.82. The number of hydrogen-bond donors (Lipinski definition) is 2. The van der Waals surface area contributed by atoms with Crippen LogP contribution in [0, 0.1) is 6.92 Å². The molecule has 1 aromatic carbocycles. The zero-order chi connectivity index (χ0) is 13.1. The number of hydrazine groups is 1. The van der Waals surface area contributed by atoms with Gasteiger partial charge in [-0.05, 0) is 57.7 Å². The Kier molecular flexibility index (Phi) is 4.35. The van der Waals surface area contributed by atoms with Gasteiger partial charge in [0.15, 0.2) is 0 Å². The highest BCUT2D eigenvalue weighted by Crippen LogP contribution is 2.29. The first kappa shape index (κ1) is 13.5. The van der Waals surface area contributed by atoms with Crippen LogP contribution in [-0.4, -0.2) is 4.98 Å². The first-order valence-electron chi connectivity index (χ1n) is 5.45. The summed E-state index contributed by atoms with van der Waals surface area (Å²) in [6.07, 6.45) is 3.59. The van der Waals surface area contributed by atoms with Crippen LogP contribution in [0.1, 0.15) is 22.7 Å². The van der Waals surface area contributed by atoms with Gasteiger partial charge in [-0.25, -0.2) is 5.43 Å². The fraction of sp³-hybridized carbons (Fsp3) is 0.154. The molecule has 0 fully saturated rings. The summed E-state index contributed by atoms with van der Waals surface area (Å²) in [6.45, 7) is 2.03. The number of benzene rings is 1. The fourth-order valence-electron chi connectivity index (χ4n) is 1.84. The van der Waals surface area contributed by atoms with E-state index in [-0.39, 0.29) is 6.04 Å². The van der Waals surface area contributed by atoms with Crippen molar-refractivity contribution in [1.82, 2.24) is 10.4 Å². The molecule has 0 aliphatic carbocycles. The van der Waals surface area contributed by atoms with E-state index in [0.29, 0.717) is 5.02 Å². The van der Waals surface area contributed by atoms with Gasteiger partial charge in [0, 0.05) is 16.9 Å². The topological polar surface area (TPSA) is 50.9 Å². The third-order valence-electron chi connectivity index (χ3n) is 2.83. The van der Waals surface area contributed by atoms with E-state index in [1.807, 2.05) is 37.4 Å². The molecular weight excluding hydrogens is 314 g/mol. The van der Waals surface area contributed by atoms with Crippen LogP contribution in [0.5, 0.6) is 0 Å². The number of pyridine rings is 1. The third kappa shape index (κ3) is 2.72. The number of nitrogens with one attached hydrogen (secondary N) is 1. The predicted molar refractivity (Wildman–Crippen MR) is 77.3 cm³/mol. The van der Waals surface area contributed by atoms with Gasteiger partial charge in [0.25, 0.3) is 0 Å². The molecule has 94 valence electrons. The summed E-state index contributed by atoms with van der Waals surface area (Å²) in [5.74, 6) is 5.67. The van der Waals surface area contributed by atoms with Gasteiger partial charge in [-0.1, -0.05) is 17.7 Å². The second kappa shape index (κ2) is 5.80. The molecule has 0 spiro atoms. The van der Waals surface area contributed by atoms with E-state index in [2.05, 4.69) is 26.3 Å². The Labute approximate surface area is 119 Å². The van der Waals surface area contributed by atoms with Gasteiger partial charge < -0.3 is 0 Å². The van der Waals surface area contributed by atoms with Crippen molar-refractivity contribution in [3.63, 3.8) is 0 Å². The lowest BCUT2D eigenvalue weighted by molar-refractivity contribution is 0.631. The number of aryl methyl sites for hydroxylation is 1. The first-order valence-corrected chi connectivity index (χ1v) is 6.62. The Balaban J connectivity index is 2.45. The summed E-state index contributed by atoms with van der Waals surface area (Å²) in [4.78, 5) is 4.15. The minimum absolute atomic E-state index is 0.104. The maximum Gasteiger partial charge on any atom is 0.0728 e. The molecule has 1 heterocycles. The molecular formula is C13H13BrClN3. The van der Waals surface area contributed by atoms with Crippen molar-refractivity contribution in [2.24, 2.45) is 5.84 Å². The van der Waals surface area contributed by atoms with Crippen LogP contribution in [0.3, 0.4) is 0 Å². The highest BCUT2D eigenvalue weighted by atomic mass is 79.9. The van der Waals surface area contributed by atoms with Gasteiger partial charge in [0.2, 0.25) is 0 Å². The van der Waals surface area contributed by atoms with Crippen LogP contribution in [0.25, 0.3) is 0 Å². The van der Waals surface area contributed by atoms with Gasteiger partial charge in [-0.2, -0.15) is 0 Å². The molecule has 1 atom stereocenters. The predicted octanol–water partition coefficient (Wildman–Crippen LogP) is 3.36. The zero-order valence-corrected chi connectivity index (χ0v) is 12.2. The maximum absolute atomic E-state index is 5.99. The maximum atomic E-state index is 5.99. The highest BCUT2D eigenvalue weighted by molar-refractivity contribution is 9.10. The molecule has 1 unspecified atom stereocenters. The summed E-state index contributed by atoms with van der Waals surface area (Å²) in [7, 11) is 0. The van der Waals surface area contributed by atoms with Crippen molar-refractivity contribution >= 4 is 27.5 Å². The normalized spacial score (nSPS) is 12.4. The SMILES string of the molecule is Cc1ccncc1C(NN)c1ccc(Cl)c(Br)c1. The van der Waals surface area contributed by atoms with Gasteiger partial charge in [-0.3, -0.25) is 10.8 Å². The summed E-state index contributed by atoms with van der Waals surface area (Å²) in [6, 6.07) is 7.61.